The molecule has 0 radical (unpaired) electrons. The lowest BCUT2D eigenvalue weighted by atomic mass is 9.57. The van der Waals surface area contributed by atoms with Crippen molar-refractivity contribution in [2.75, 3.05) is 13.2 Å². The summed E-state index contributed by atoms with van der Waals surface area (Å²) in [6.45, 7) is 13.5. The van der Waals surface area contributed by atoms with Gasteiger partial charge >= 0.3 is 0 Å². The van der Waals surface area contributed by atoms with E-state index < -0.39 is 11.0 Å². The highest BCUT2D eigenvalue weighted by molar-refractivity contribution is 6.27. The Morgan fingerprint density at radius 2 is 1.10 bits per heavy atom. The molecule has 0 amide bonds. The number of fused-ring (bicyclic) bond motifs is 1. The highest BCUT2D eigenvalue weighted by atomic mass is 16.7. The van der Waals surface area contributed by atoms with Gasteiger partial charge in [-0.05, 0) is 41.5 Å². The van der Waals surface area contributed by atoms with Crippen LogP contribution >= 0.6 is 0 Å². The van der Waals surface area contributed by atoms with Crippen molar-refractivity contribution in [3.05, 3.63) is 0 Å². The number of ether oxygens (including phenoxy) is 4. The van der Waals surface area contributed by atoms with Crippen molar-refractivity contribution < 1.29 is 18.9 Å². The van der Waals surface area contributed by atoms with E-state index in [1.54, 1.807) is 0 Å². The number of rotatable bonds is 2. The van der Waals surface area contributed by atoms with Crippen molar-refractivity contribution in [2.24, 2.45) is 0 Å². The molecule has 2 aliphatic rings. The van der Waals surface area contributed by atoms with Gasteiger partial charge in [0.1, 0.15) is 27.9 Å². The fraction of sp³-hybridized carbons (Fsp3) is 1.00. The first-order valence-electron chi connectivity index (χ1n) is 7.51. The lowest BCUT2D eigenvalue weighted by molar-refractivity contribution is -0.125. The number of hydrogen-bond donors (Lipinski definition) is 0. The SMILES string of the molecule is B[C@]12OC[C@H](OC(C)(C)C)[C@@]1(B)OC[C@@H]2OC(C)(C)C. The standard InChI is InChI=1S/C14H28B2O4/c1-11(2,3)19-9-7-17-14(16)10(20-12(4,5)6)8-18-13(9,14)15/h9-10H,7-8,15-16H2,1-6H3/t9-,10-,13+,14+/m0/s1. The second kappa shape index (κ2) is 4.73. The highest BCUT2D eigenvalue weighted by Gasteiger charge is 2.66. The van der Waals surface area contributed by atoms with Crippen LogP contribution in [0.2, 0.25) is 0 Å². The van der Waals surface area contributed by atoms with Gasteiger partial charge in [-0.3, -0.25) is 0 Å². The molecule has 2 saturated heterocycles. The molecular formula is C14H28B2O4. The summed E-state index contributed by atoms with van der Waals surface area (Å²) in [5.74, 6) is 0. The summed E-state index contributed by atoms with van der Waals surface area (Å²) in [4.78, 5) is 0. The van der Waals surface area contributed by atoms with Crippen LogP contribution in [0.25, 0.3) is 0 Å². The minimum Gasteiger partial charge on any atom is -0.376 e. The summed E-state index contributed by atoms with van der Waals surface area (Å²) in [5.41, 5.74) is -1.35. The van der Waals surface area contributed by atoms with E-state index >= 15 is 0 Å². The Kier molecular flexibility index (Phi) is 3.87. The molecule has 0 spiro atoms. The third-order valence-electron chi connectivity index (χ3n) is 4.28. The summed E-state index contributed by atoms with van der Waals surface area (Å²) in [6.07, 6.45) is -0.137. The lowest BCUT2D eigenvalue weighted by Gasteiger charge is -2.40. The summed E-state index contributed by atoms with van der Waals surface area (Å²) >= 11 is 0. The fourth-order valence-corrected chi connectivity index (χ4v) is 3.07. The zero-order chi connectivity index (χ0) is 15.4. The van der Waals surface area contributed by atoms with Gasteiger partial charge in [-0.1, -0.05) is 0 Å². The first-order chi connectivity index (χ1) is 8.87. The molecule has 2 fully saturated rings. The van der Waals surface area contributed by atoms with Gasteiger partial charge in [-0.25, -0.2) is 0 Å². The van der Waals surface area contributed by atoms with Crippen LogP contribution in [0.5, 0.6) is 0 Å². The van der Waals surface area contributed by atoms with E-state index in [9.17, 15) is 0 Å². The van der Waals surface area contributed by atoms with Crippen molar-refractivity contribution in [2.45, 2.75) is 76.0 Å². The van der Waals surface area contributed by atoms with Crippen LogP contribution in [0, 0.1) is 0 Å². The quantitative estimate of drug-likeness (QED) is 0.672. The molecule has 4 atom stereocenters. The van der Waals surface area contributed by atoms with Gasteiger partial charge in [-0.2, -0.15) is 0 Å². The largest absolute Gasteiger partial charge is 0.376 e. The van der Waals surface area contributed by atoms with E-state index in [0.29, 0.717) is 13.2 Å². The average molecular weight is 282 g/mol. The zero-order valence-electron chi connectivity index (χ0n) is 14.2. The second-order valence-corrected chi connectivity index (χ2v) is 8.27. The van der Waals surface area contributed by atoms with E-state index in [-0.39, 0.29) is 23.4 Å². The van der Waals surface area contributed by atoms with E-state index in [4.69, 9.17) is 18.9 Å². The Labute approximate surface area is 124 Å². The smallest absolute Gasteiger partial charge is 0.149 e. The lowest BCUT2D eigenvalue weighted by Crippen LogP contribution is -2.61. The van der Waals surface area contributed by atoms with Gasteiger partial charge in [0, 0.05) is 0 Å². The molecule has 0 aromatic rings. The molecule has 0 N–H and O–H groups in total. The van der Waals surface area contributed by atoms with Gasteiger partial charge in [-0.15, -0.1) is 0 Å². The minimum absolute atomic E-state index is 0.0685. The van der Waals surface area contributed by atoms with Crippen LogP contribution in [-0.4, -0.2) is 63.3 Å². The van der Waals surface area contributed by atoms with Crippen LogP contribution < -0.4 is 0 Å². The molecule has 6 heteroatoms. The first kappa shape index (κ1) is 16.3. The summed E-state index contributed by atoms with van der Waals surface area (Å²) < 4.78 is 24.5. The molecule has 0 aromatic carbocycles. The van der Waals surface area contributed by atoms with E-state index in [1.807, 2.05) is 0 Å². The predicted molar refractivity (Wildman–Crippen MR) is 83.7 cm³/mol. The maximum Gasteiger partial charge on any atom is 0.149 e. The Bertz CT molecular complexity index is 340. The fourth-order valence-electron chi connectivity index (χ4n) is 3.07. The Morgan fingerprint density at radius 3 is 1.35 bits per heavy atom. The molecule has 0 saturated carbocycles. The highest BCUT2D eigenvalue weighted by Crippen LogP contribution is 2.46. The maximum absolute atomic E-state index is 6.15. The van der Waals surface area contributed by atoms with Gasteiger partial charge in [0.15, 0.2) is 0 Å². The average Bonchev–Trinajstić information content (AvgIpc) is 2.60. The van der Waals surface area contributed by atoms with E-state index in [0.717, 1.165) is 0 Å². The van der Waals surface area contributed by atoms with Gasteiger partial charge in [0.2, 0.25) is 0 Å². The van der Waals surface area contributed by atoms with E-state index in [2.05, 4.69) is 57.2 Å². The number of hydrogen-bond acceptors (Lipinski definition) is 4. The van der Waals surface area contributed by atoms with Gasteiger partial charge in [0.05, 0.1) is 35.4 Å². The molecule has 114 valence electrons. The van der Waals surface area contributed by atoms with Crippen LogP contribution in [0.4, 0.5) is 0 Å². The molecule has 0 unspecified atom stereocenters. The van der Waals surface area contributed by atoms with Crippen molar-refractivity contribution in [1.29, 1.82) is 0 Å². The minimum atomic E-state index is -0.462. The molecule has 0 aliphatic carbocycles. The van der Waals surface area contributed by atoms with Crippen LogP contribution in [0.3, 0.4) is 0 Å². The molecule has 20 heavy (non-hydrogen) atoms. The Hall–Kier alpha value is -0.0301. The van der Waals surface area contributed by atoms with Crippen molar-refractivity contribution in [1.82, 2.24) is 0 Å². The summed E-state index contributed by atoms with van der Waals surface area (Å²) in [7, 11) is 4.17. The second-order valence-electron chi connectivity index (χ2n) is 8.27. The van der Waals surface area contributed by atoms with Crippen molar-refractivity contribution >= 4 is 15.7 Å². The van der Waals surface area contributed by atoms with E-state index in [1.165, 1.54) is 0 Å². The Balaban J connectivity index is 2.19. The predicted octanol–water partition coefficient (Wildman–Crippen LogP) is 0.0730. The van der Waals surface area contributed by atoms with Gasteiger partial charge < -0.3 is 18.9 Å². The molecule has 0 aromatic heterocycles. The summed E-state index contributed by atoms with van der Waals surface area (Å²) in [6, 6.07) is 0. The topological polar surface area (TPSA) is 36.9 Å². The first-order valence-corrected chi connectivity index (χ1v) is 7.51. The van der Waals surface area contributed by atoms with Crippen molar-refractivity contribution in [3.63, 3.8) is 0 Å². The Morgan fingerprint density at radius 1 is 0.800 bits per heavy atom. The molecular weight excluding hydrogens is 254 g/mol. The van der Waals surface area contributed by atoms with Crippen LogP contribution in [0.15, 0.2) is 0 Å². The molecule has 0 bridgehead atoms. The third kappa shape index (κ3) is 2.80. The molecule has 2 heterocycles. The summed E-state index contributed by atoms with van der Waals surface area (Å²) in [5, 5.41) is 0. The monoisotopic (exact) mass is 282 g/mol. The molecule has 2 rings (SSSR count). The molecule has 2 aliphatic heterocycles. The molecule has 4 nitrogen and oxygen atoms in total. The normalized spacial score (nSPS) is 41.9. The maximum atomic E-state index is 6.15. The van der Waals surface area contributed by atoms with Crippen LogP contribution in [-0.2, 0) is 18.9 Å². The third-order valence-corrected chi connectivity index (χ3v) is 4.28. The van der Waals surface area contributed by atoms with Crippen LogP contribution in [0.1, 0.15) is 41.5 Å². The van der Waals surface area contributed by atoms with Crippen molar-refractivity contribution in [3.8, 4) is 0 Å². The zero-order valence-corrected chi connectivity index (χ0v) is 14.2. The van der Waals surface area contributed by atoms with Gasteiger partial charge in [0.25, 0.3) is 0 Å².